The van der Waals surface area contributed by atoms with Gasteiger partial charge in [0, 0.05) is 22.7 Å². The van der Waals surface area contributed by atoms with E-state index < -0.39 is 0 Å². The van der Waals surface area contributed by atoms with Crippen LogP contribution in [0.2, 0.25) is 5.02 Å². The van der Waals surface area contributed by atoms with Crippen LogP contribution in [0, 0.1) is 0 Å². The summed E-state index contributed by atoms with van der Waals surface area (Å²) in [5, 5.41) is 0.753. The van der Waals surface area contributed by atoms with Gasteiger partial charge in [0.1, 0.15) is 5.75 Å². The molecule has 0 N–H and O–H groups in total. The van der Waals surface area contributed by atoms with Crippen molar-refractivity contribution in [2.45, 2.75) is 20.4 Å². The fraction of sp³-hybridized carbons (Fsp3) is 0.333. The van der Waals surface area contributed by atoms with Crippen molar-refractivity contribution in [1.29, 1.82) is 0 Å². The maximum absolute atomic E-state index is 6.39. The van der Waals surface area contributed by atoms with Gasteiger partial charge >= 0.3 is 0 Å². The van der Waals surface area contributed by atoms with E-state index in [1.165, 1.54) is 5.56 Å². The molecule has 0 aliphatic rings. The van der Waals surface area contributed by atoms with E-state index in [1.807, 2.05) is 30.3 Å². The van der Waals surface area contributed by atoms with Gasteiger partial charge in [-0.25, -0.2) is 0 Å². The molecule has 0 bridgehead atoms. The fourth-order valence-electron chi connectivity index (χ4n) is 2.45. The van der Waals surface area contributed by atoms with Crippen LogP contribution < -0.4 is 4.74 Å². The molecular weight excluding hydrogens is 282 g/mol. The van der Waals surface area contributed by atoms with Crippen LogP contribution in [0.15, 0.2) is 42.5 Å². The van der Waals surface area contributed by atoms with Crippen molar-refractivity contribution in [1.82, 2.24) is 4.90 Å². The Morgan fingerprint density at radius 2 is 1.71 bits per heavy atom. The summed E-state index contributed by atoms with van der Waals surface area (Å²) in [5.41, 5.74) is 3.33. The maximum Gasteiger partial charge on any atom is 0.126 e. The number of methoxy groups -OCH3 is 1. The van der Waals surface area contributed by atoms with E-state index in [0.29, 0.717) is 0 Å². The van der Waals surface area contributed by atoms with Crippen molar-refractivity contribution in [2.75, 3.05) is 20.2 Å². The lowest BCUT2D eigenvalue weighted by molar-refractivity contribution is 0.296. The first-order valence-electron chi connectivity index (χ1n) is 7.33. The molecular formula is C18H22ClNO. The van der Waals surface area contributed by atoms with Gasteiger partial charge in [-0.3, -0.25) is 4.90 Å². The lowest BCUT2D eigenvalue weighted by Gasteiger charge is -2.19. The van der Waals surface area contributed by atoms with Gasteiger partial charge in [-0.1, -0.05) is 49.7 Å². The Morgan fingerprint density at radius 3 is 2.38 bits per heavy atom. The Balaban J connectivity index is 2.39. The van der Waals surface area contributed by atoms with E-state index in [2.05, 4.69) is 30.9 Å². The van der Waals surface area contributed by atoms with E-state index in [1.54, 1.807) is 7.11 Å². The monoisotopic (exact) mass is 303 g/mol. The maximum atomic E-state index is 6.39. The molecule has 2 rings (SSSR count). The van der Waals surface area contributed by atoms with Crippen molar-refractivity contribution in [3.05, 3.63) is 53.1 Å². The molecule has 0 radical (unpaired) electrons. The number of ether oxygens (including phenoxy) is 1. The van der Waals surface area contributed by atoms with Crippen LogP contribution in [-0.4, -0.2) is 25.1 Å². The average molecular weight is 304 g/mol. The molecule has 2 aromatic rings. The smallest absolute Gasteiger partial charge is 0.126 e. The molecule has 0 aliphatic heterocycles. The van der Waals surface area contributed by atoms with Crippen molar-refractivity contribution in [3.8, 4) is 16.9 Å². The number of benzene rings is 2. The van der Waals surface area contributed by atoms with Crippen LogP contribution in [0.1, 0.15) is 19.4 Å². The number of para-hydroxylation sites is 1. The third-order valence-electron chi connectivity index (χ3n) is 3.73. The lowest BCUT2D eigenvalue weighted by Crippen LogP contribution is -2.22. The highest BCUT2D eigenvalue weighted by Gasteiger charge is 2.11. The van der Waals surface area contributed by atoms with Crippen molar-refractivity contribution < 1.29 is 4.74 Å². The quantitative estimate of drug-likeness (QED) is 0.756. The van der Waals surface area contributed by atoms with Gasteiger partial charge in [0.25, 0.3) is 0 Å². The minimum Gasteiger partial charge on any atom is -0.496 e. The normalized spacial score (nSPS) is 10.9. The van der Waals surface area contributed by atoms with Crippen LogP contribution in [0.25, 0.3) is 11.1 Å². The molecule has 0 saturated carbocycles. The Labute approximate surface area is 132 Å². The highest BCUT2D eigenvalue weighted by Crippen LogP contribution is 2.35. The summed E-state index contributed by atoms with van der Waals surface area (Å²) >= 11 is 6.39. The number of hydrogen-bond acceptors (Lipinski definition) is 2. The Kier molecular flexibility index (Phi) is 5.66. The topological polar surface area (TPSA) is 12.5 Å². The van der Waals surface area contributed by atoms with Gasteiger partial charge in [0.15, 0.2) is 0 Å². The number of hydrogen-bond donors (Lipinski definition) is 0. The van der Waals surface area contributed by atoms with Crippen molar-refractivity contribution >= 4 is 11.6 Å². The van der Waals surface area contributed by atoms with Gasteiger partial charge < -0.3 is 4.74 Å². The molecule has 0 atom stereocenters. The zero-order valence-electron chi connectivity index (χ0n) is 12.9. The SMILES string of the molecule is CCN(CC)Cc1ccc(Cl)c(-c2ccccc2OC)c1. The summed E-state index contributed by atoms with van der Waals surface area (Å²) in [6.45, 7) is 7.39. The predicted octanol–water partition coefficient (Wildman–Crippen LogP) is 4.86. The first-order valence-corrected chi connectivity index (χ1v) is 7.71. The second-order valence-electron chi connectivity index (χ2n) is 4.98. The largest absolute Gasteiger partial charge is 0.496 e. The molecule has 112 valence electrons. The summed E-state index contributed by atoms with van der Waals surface area (Å²) in [5.74, 6) is 0.847. The standard InChI is InChI=1S/C18H22ClNO/c1-4-20(5-2)13-14-10-11-17(19)16(12-14)15-8-6-7-9-18(15)21-3/h6-12H,4-5,13H2,1-3H3. The summed E-state index contributed by atoms with van der Waals surface area (Å²) < 4.78 is 5.45. The van der Waals surface area contributed by atoms with E-state index in [4.69, 9.17) is 16.3 Å². The summed E-state index contributed by atoms with van der Waals surface area (Å²) in [4.78, 5) is 2.38. The third-order valence-corrected chi connectivity index (χ3v) is 4.06. The fourth-order valence-corrected chi connectivity index (χ4v) is 2.67. The number of nitrogens with zero attached hydrogens (tertiary/aromatic N) is 1. The van der Waals surface area contributed by atoms with Crippen molar-refractivity contribution in [2.24, 2.45) is 0 Å². The molecule has 0 unspecified atom stereocenters. The molecule has 3 heteroatoms. The number of rotatable bonds is 6. The lowest BCUT2D eigenvalue weighted by atomic mass is 10.0. The van der Waals surface area contributed by atoms with Gasteiger partial charge in [-0.2, -0.15) is 0 Å². The van der Waals surface area contributed by atoms with Crippen LogP contribution in [0.5, 0.6) is 5.75 Å². The van der Waals surface area contributed by atoms with Gasteiger partial charge in [0.05, 0.1) is 7.11 Å². The van der Waals surface area contributed by atoms with Gasteiger partial charge in [0.2, 0.25) is 0 Å². The van der Waals surface area contributed by atoms with Gasteiger partial charge in [-0.05, 0) is 36.9 Å². The molecule has 0 spiro atoms. The zero-order chi connectivity index (χ0) is 15.2. The predicted molar refractivity (Wildman–Crippen MR) is 90.1 cm³/mol. The molecule has 0 fully saturated rings. The second-order valence-corrected chi connectivity index (χ2v) is 5.38. The van der Waals surface area contributed by atoms with Crippen molar-refractivity contribution in [3.63, 3.8) is 0 Å². The highest BCUT2D eigenvalue weighted by molar-refractivity contribution is 6.33. The molecule has 2 nitrogen and oxygen atoms in total. The van der Waals surface area contributed by atoms with Gasteiger partial charge in [-0.15, -0.1) is 0 Å². The first kappa shape index (κ1) is 15.9. The number of halogens is 1. The second kappa shape index (κ2) is 7.48. The average Bonchev–Trinajstić information content (AvgIpc) is 2.54. The van der Waals surface area contributed by atoms with Crippen LogP contribution >= 0.6 is 11.6 Å². The summed E-state index contributed by atoms with van der Waals surface area (Å²) in [6.07, 6.45) is 0. The first-order chi connectivity index (χ1) is 10.2. The molecule has 0 heterocycles. The van der Waals surface area contributed by atoms with E-state index >= 15 is 0 Å². The minimum absolute atomic E-state index is 0.753. The molecule has 0 saturated heterocycles. The van der Waals surface area contributed by atoms with E-state index in [0.717, 1.165) is 41.5 Å². The third kappa shape index (κ3) is 3.78. The molecule has 0 aromatic heterocycles. The van der Waals surface area contributed by atoms with Crippen LogP contribution in [0.3, 0.4) is 0 Å². The molecule has 0 aliphatic carbocycles. The zero-order valence-corrected chi connectivity index (χ0v) is 13.7. The summed E-state index contributed by atoms with van der Waals surface area (Å²) in [7, 11) is 1.69. The van der Waals surface area contributed by atoms with Crippen LogP contribution in [-0.2, 0) is 6.54 Å². The highest BCUT2D eigenvalue weighted by atomic mass is 35.5. The molecule has 21 heavy (non-hydrogen) atoms. The Morgan fingerprint density at radius 1 is 1.00 bits per heavy atom. The Bertz CT molecular complexity index is 594. The Hall–Kier alpha value is -1.51. The minimum atomic E-state index is 0.753. The van der Waals surface area contributed by atoms with E-state index in [9.17, 15) is 0 Å². The van der Waals surface area contributed by atoms with E-state index in [-0.39, 0.29) is 0 Å². The molecule has 0 amide bonds. The summed E-state index contributed by atoms with van der Waals surface area (Å²) in [6, 6.07) is 14.2. The van der Waals surface area contributed by atoms with Crippen LogP contribution in [0.4, 0.5) is 0 Å². The molecule has 2 aromatic carbocycles.